The Morgan fingerprint density at radius 2 is 2.20 bits per heavy atom. The van der Waals surface area contributed by atoms with Gasteiger partial charge < -0.3 is 15.2 Å². The van der Waals surface area contributed by atoms with Crippen LogP contribution in [0.4, 0.5) is 0 Å². The van der Waals surface area contributed by atoms with Crippen LogP contribution in [-0.4, -0.2) is 22.7 Å². The molecule has 108 valence electrons. The molecule has 0 radical (unpaired) electrons. The number of aromatic hydroxyl groups is 1. The number of nitrogens with one attached hydrogen (secondary N) is 1. The maximum Gasteiger partial charge on any atom is 0.161 e. The SMILES string of the molecule is CCOc1cc(-c2ncc(CNC(C)C)s2)ccc1O. The molecule has 2 rings (SSSR count). The average Bonchev–Trinajstić information content (AvgIpc) is 2.88. The first-order chi connectivity index (χ1) is 9.60. The van der Waals surface area contributed by atoms with Crippen molar-refractivity contribution in [3.8, 4) is 22.1 Å². The number of rotatable bonds is 6. The predicted octanol–water partition coefficient (Wildman–Crippen LogP) is 3.41. The predicted molar refractivity (Wildman–Crippen MR) is 82.4 cm³/mol. The van der Waals surface area contributed by atoms with E-state index in [1.54, 1.807) is 17.4 Å². The zero-order valence-corrected chi connectivity index (χ0v) is 12.8. The van der Waals surface area contributed by atoms with Crippen LogP contribution in [0, 0.1) is 0 Å². The summed E-state index contributed by atoms with van der Waals surface area (Å²) in [6.07, 6.45) is 1.89. The molecule has 2 N–H and O–H groups in total. The van der Waals surface area contributed by atoms with Gasteiger partial charge in [-0.1, -0.05) is 13.8 Å². The Morgan fingerprint density at radius 1 is 1.40 bits per heavy atom. The molecule has 1 heterocycles. The molecule has 5 heteroatoms. The third-order valence-corrected chi connectivity index (χ3v) is 3.79. The normalized spacial score (nSPS) is 11.0. The summed E-state index contributed by atoms with van der Waals surface area (Å²) in [5.41, 5.74) is 0.965. The van der Waals surface area contributed by atoms with Crippen LogP contribution in [0.25, 0.3) is 10.6 Å². The van der Waals surface area contributed by atoms with Crippen molar-refractivity contribution in [3.05, 3.63) is 29.3 Å². The molecule has 0 atom stereocenters. The summed E-state index contributed by atoms with van der Waals surface area (Å²) < 4.78 is 5.40. The van der Waals surface area contributed by atoms with Crippen molar-refractivity contribution >= 4 is 11.3 Å². The van der Waals surface area contributed by atoms with E-state index in [-0.39, 0.29) is 5.75 Å². The van der Waals surface area contributed by atoms with E-state index in [1.165, 1.54) is 4.88 Å². The zero-order valence-electron chi connectivity index (χ0n) is 12.0. The van der Waals surface area contributed by atoms with Crippen molar-refractivity contribution < 1.29 is 9.84 Å². The second-order valence-corrected chi connectivity index (χ2v) is 5.90. The maximum absolute atomic E-state index is 9.71. The number of benzene rings is 1. The molecule has 0 bridgehead atoms. The third kappa shape index (κ3) is 3.71. The van der Waals surface area contributed by atoms with E-state index in [0.717, 1.165) is 17.1 Å². The molecular weight excluding hydrogens is 272 g/mol. The molecule has 0 aliphatic carbocycles. The van der Waals surface area contributed by atoms with Gasteiger partial charge in [0.1, 0.15) is 5.01 Å². The Kier molecular flexibility index (Phi) is 4.98. The van der Waals surface area contributed by atoms with Crippen LogP contribution in [0.2, 0.25) is 0 Å². The molecular formula is C15H20N2O2S. The molecule has 1 aromatic heterocycles. The van der Waals surface area contributed by atoms with Gasteiger partial charge in [-0.15, -0.1) is 11.3 Å². The molecule has 0 aliphatic rings. The van der Waals surface area contributed by atoms with Gasteiger partial charge in [0, 0.05) is 29.2 Å². The van der Waals surface area contributed by atoms with Crippen LogP contribution < -0.4 is 10.1 Å². The van der Waals surface area contributed by atoms with Crippen LogP contribution >= 0.6 is 11.3 Å². The fraction of sp³-hybridized carbons (Fsp3) is 0.400. The second kappa shape index (κ2) is 6.72. The van der Waals surface area contributed by atoms with E-state index >= 15 is 0 Å². The van der Waals surface area contributed by atoms with Crippen molar-refractivity contribution in [2.24, 2.45) is 0 Å². The van der Waals surface area contributed by atoms with Crippen molar-refractivity contribution in [1.29, 1.82) is 0 Å². The summed E-state index contributed by atoms with van der Waals surface area (Å²) in [7, 11) is 0. The van der Waals surface area contributed by atoms with Crippen LogP contribution in [0.3, 0.4) is 0 Å². The number of thiazole rings is 1. The quantitative estimate of drug-likeness (QED) is 0.856. The first-order valence-electron chi connectivity index (χ1n) is 6.74. The van der Waals surface area contributed by atoms with Gasteiger partial charge >= 0.3 is 0 Å². The summed E-state index contributed by atoms with van der Waals surface area (Å²) in [6.45, 7) is 7.49. The van der Waals surface area contributed by atoms with Crippen LogP contribution in [0.15, 0.2) is 24.4 Å². The van der Waals surface area contributed by atoms with E-state index in [1.807, 2.05) is 25.3 Å². The highest BCUT2D eigenvalue weighted by Gasteiger charge is 2.09. The first-order valence-corrected chi connectivity index (χ1v) is 7.56. The zero-order chi connectivity index (χ0) is 14.5. The Labute approximate surface area is 123 Å². The van der Waals surface area contributed by atoms with Gasteiger partial charge in [-0.2, -0.15) is 0 Å². The van der Waals surface area contributed by atoms with Crippen LogP contribution in [0.5, 0.6) is 11.5 Å². The number of hydrogen-bond donors (Lipinski definition) is 2. The van der Waals surface area contributed by atoms with E-state index in [9.17, 15) is 5.11 Å². The lowest BCUT2D eigenvalue weighted by Crippen LogP contribution is -2.21. The number of nitrogens with zero attached hydrogens (tertiary/aromatic N) is 1. The molecule has 1 aromatic carbocycles. The Bertz CT molecular complexity index is 567. The number of ether oxygens (including phenoxy) is 1. The fourth-order valence-electron chi connectivity index (χ4n) is 1.75. The first kappa shape index (κ1) is 14.8. The number of aromatic nitrogens is 1. The molecule has 0 saturated heterocycles. The van der Waals surface area contributed by atoms with Crippen molar-refractivity contribution in [2.45, 2.75) is 33.4 Å². The minimum Gasteiger partial charge on any atom is -0.504 e. The smallest absolute Gasteiger partial charge is 0.161 e. The van der Waals surface area contributed by atoms with Gasteiger partial charge in [-0.05, 0) is 25.1 Å². The fourth-order valence-corrected chi connectivity index (χ4v) is 2.61. The summed E-state index contributed by atoms with van der Waals surface area (Å²) >= 11 is 1.65. The summed E-state index contributed by atoms with van der Waals surface area (Å²) in [5, 5.41) is 14.0. The largest absolute Gasteiger partial charge is 0.504 e. The van der Waals surface area contributed by atoms with Gasteiger partial charge in [0.05, 0.1) is 6.61 Å². The van der Waals surface area contributed by atoms with Gasteiger partial charge in [0.2, 0.25) is 0 Å². The van der Waals surface area contributed by atoms with E-state index in [0.29, 0.717) is 18.4 Å². The molecule has 2 aromatic rings. The molecule has 4 nitrogen and oxygen atoms in total. The molecule has 0 spiro atoms. The van der Waals surface area contributed by atoms with Gasteiger partial charge in [-0.25, -0.2) is 4.98 Å². The summed E-state index contributed by atoms with van der Waals surface area (Å²) in [6, 6.07) is 5.79. The van der Waals surface area contributed by atoms with Gasteiger partial charge in [0.25, 0.3) is 0 Å². The minimum atomic E-state index is 0.161. The lowest BCUT2D eigenvalue weighted by Gasteiger charge is -2.07. The Balaban J connectivity index is 2.17. The van der Waals surface area contributed by atoms with Crippen molar-refractivity contribution in [1.82, 2.24) is 10.3 Å². The second-order valence-electron chi connectivity index (χ2n) is 4.78. The van der Waals surface area contributed by atoms with Crippen molar-refractivity contribution in [3.63, 3.8) is 0 Å². The Hall–Kier alpha value is -1.59. The molecule has 20 heavy (non-hydrogen) atoms. The van der Waals surface area contributed by atoms with E-state index in [2.05, 4.69) is 24.1 Å². The molecule has 0 unspecified atom stereocenters. The summed E-state index contributed by atoms with van der Waals surface area (Å²) in [4.78, 5) is 5.63. The maximum atomic E-state index is 9.71. The number of phenolic OH excluding ortho intramolecular Hbond substituents is 1. The highest BCUT2D eigenvalue weighted by Crippen LogP contribution is 2.33. The molecule has 0 amide bonds. The highest BCUT2D eigenvalue weighted by molar-refractivity contribution is 7.15. The number of hydrogen-bond acceptors (Lipinski definition) is 5. The monoisotopic (exact) mass is 292 g/mol. The third-order valence-electron chi connectivity index (χ3n) is 2.74. The Morgan fingerprint density at radius 3 is 2.90 bits per heavy atom. The lowest BCUT2D eigenvalue weighted by molar-refractivity contribution is 0.318. The lowest BCUT2D eigenvalue weighted by atomic mass is 10.2. The van der Waals surface area contributed by atoms with E-state index in [4.69, 9.17) is 4.74 Å². The topological polar surface area (TPSA) is 54.4 Å². The van der Waals surface area contributed by atoms with E-state index < -0.39 is 0 Å². The summed E-state index contributed by atoms with van der Waals surface area (Å²) in [5.74, 6) is 0.663. The van der Waals surface area contributed by atoms with Gasteiger partial charge in [0.15, 0.2) is 11.5 Å². The minimum absolute atomic E-state index is 0.161. The highest BCUT2D eigenvalue weighted by atomic mass is 32.1. The molecule has 0 saturated carbocycles. The number of phenols is 1. The van der Waals surface area contributed by atoms with Crippen molar-refractivity contribution in [2.75, 3.05) is 6.61 Å². The molecule has 0 aliphatic heterocycles. The van der Waals surface area contributed by atoms with Gasteiger partial charge in [-0.3, -0.25) is 0 Å². The van der Waals surface area contributed by atoms with Crippen LogP contribution in [0.1, 0.15) is 25.6 Å². The molecule has 0 fully saturated rings. The van der Waals surface area contributed by atoms with Crippen LogP contribution in [-0.2, 0) is 6.54 Å². The average molecular weight is 292 g/mol. The standard InChI is InChI=1S/C15H20N2O2S/c1-4-19-14-7-11(5-6-13(14)18)15-17-9-12(20-15)8-16-10(2)3/h5-7,9-10,16,18H,4,8H2,1-3H3.